The van der Waals surface area contributed by atoms with Crippen LogP contribution in [0.1, 0.15) is 22.8 Å². The maximum absolute atomic E-state index is 12.7. The highest BCUT2D eigenvalue weighted by Gasteiger charge is 2.34. The maximum atomic E-state index is 12.7. The predicted molar refractivity (Wildman–Crippen MR) is 116 cm³/mol. The standard InChI is InChI=1S/C20H15N3O4S2/c1-13(11-14-7-3-2-4-8-14)12-17-19(25)22(20(28)29-17)21-18(24)15-9-5-6-10-16(15)23(26)27/h2-12H,1H3,(H,21,24). The third-order valence-corrected chi connectivity index (χ3v) is 5.21. The third kappa shape index (κ3) is 4.76. The number of carbonyl (C=O) groups is 2. The molecular formula is C20H15N3O4S2. The van der Waals surface area contributed by atoms with E-state index in [2.05, 4.69) is 5.43 Å². The van der Waals surface area contributed by atoms with Gasteiger partial charge >= 0.3 is 0 Å². The molecule has 0 unspecified atom stereocenters. The predicted octanol–water partition coefficient (Wildman–Crippen LogP) is 4.09. The summed E-state index contributed by atoms with van der Waals surface area (Å²) < 4.78 is 0.140. The molecule has 29 heavy (non-hydrogen) atoms. The van der Waals surface area contributed by atoms with Crippen LogP contribution in [-0.2, 0) is 4.79 Å². The Morgan fingerprint density at radius 3 is 2.52 bits per heavy atom. The molecule has 2 aromatic carbocycles. The SMILES string of the molecule is CC(=Cc1ccccc1)C=C1SC(=S)N(NC(=O)c2ccccc2[N+](=O)[O-])C1=O. The summed E-state index contributed by atoms with van der Waals surface area (Å²) in [7, 11) is 0. The molecule has 1 aliphatic heterocycles. The molecule has 146 valence electrons. The van der Waals surface area contributed by atoms with Gasteiger partial charge in [-0.05, 0) is 42.4 Å². The first-order chi connectivity index (χ1) is 13.9. The third-order valence-electron chi connectivity index (χ3n) is 3.91. The average molecular weight is 425 g/mol. The summed E-state index contributed by atoms with van der Waals surface area (Å²) >= 11 is 6.24. The van der Waals surface area contributed by atoms with Crippen LogP contribution in [0.4, 0.5) is 5.69 Å². The van der Waals surface area contributed by atoms with Crippen LogP contribution in [0, 0.1) is 10.1 Å². The van der Waals surface area contributed by atoms with E-state index >= 15 is 0 Å². The molecular weight excluding hydrogens is 410 g/mol. The Morgan fingerprint density at radius 1 is 1.17 bits per heavy atom. The van der Waals surface area contributed by atoms with E-state index in [0.717, 1.165) is 27.9 Å². The summed E-state index contributed by atoms with van der Waals surface area (Å²) in [6, 6.07) is 15.1. The van der Waals surface area contributed by atoms with Crippen molar-refractivity contribution in [2.45, 2.75) is 6.92 Å². The minimum absolute atomic E-state index is 0.140. The van der Waals surface area contributed by atoms with Crippen LogP contribution in [0.5, 0.6) is 0 Å². The number of thioether (sulfide) groups is 1. The Kier molecular flexibility index (Phi) is 6.20. The molecule has 2 amide bonds. The van der Waals surface area contributed by atoms with Crippen LogP contribution >= 0.6 is 24.0 Å². The van der Waals surface area contributed by atoms with E-state index in [9.17, 15) is 19.7 Å². The summed E-state index contributed by atoms with van der Waals surface area (Å²) in [5.74, 6) is -1.28. The average Bonchev–Trinajstić information content (AvgIpc) is 2.95. The van der Waals surface area contributed by atoms with Crippen molar-refractivity contribution in [3.8, 4) is 0 Å². The number of amides is 2. The van der Waals surface area contributed by atoms with Gasteiger partial charge in [0.15, 0.2) is 4.32 Å². The molecule has 1 fully saturated rings. The summed E-state index contributed by atoms with van der Waals surface area (Å²) in [6.45, 7) is 1.85. The molecule has 1 aliphatic rings. The largest absolute Gasteiger partial charge is 0.285 e. The zero-order valence-electron chi connectivity index (χ0n) is 15.2. The zero-order chi connectivity index (χ0) is 21.0. The Balaban J connectivity index is 1.78. The van der Waals surface area contributed by atoms with Crippen molar-refractivity contribution >= 4 is 51.9 Å². The normalized spacial score (nSPS) is 15.7. The van der Waals surface area contributed by atoms with Crippen molar-refractivity contribution in [2.75, 3.05) is 0 Å². The number of hydrazine groups is 1. The number of rotatable bonds is 5. The second-order valence-electron chi connectivity index (χ2n) is 6.03. The van der Waals surface area contributed by atoms with Crippen LogP contribution in [0.2, 0.25) is 0 Å². The molecule has 1 N–H and O–H groups in total. The number of benzene rings is 2. The summed E-state index contributed by atoms with van der Waals surface area (Å²) in [5.41, 5.74) is 3.67. The number of allylic oxidation sites excluding steroid dienone is 2. The first kappa shape index (κ1) is 20.4. The van der Waals surface area contributed by atoms with Gasteiger partial charge in [0.05, 0.1) is 9.83 Å². The lowest BCUT2D eigenvalue weighted by Gasteiger charge is -2.15. The van der Waals surface area contributed by atoms with Gasteiger partial charge in [-0.1, -0.05) is 60.3 Å². The van der Waals surface area contributed by atoms with Crippen LogP contribution in [0.3, 0.4) is 0 Å². The Labute approximate surface area is 176 Å². The van der Waals surface area contributed by atoms with Gasteiger partial charge in [-0.3, -0.25) is 25.1 Å². The molecule has 0 radical (unpaired) electrons. The number of carbonyl (C=O) groups excluding carboxylic acids is 2. The number of nitrogens with one attached hydrogen (secondary N) is 1. The lowest BCUT2D eigenvalue weighted by atomic mass is 10.1. The molecule has 0 aliphatic carbocycles. The number of para-hydroxylation sites is 1. The molecule has 0 atom stereocenters. The van der Waals surface area contributed by atoms with Crippen molar-refractivity contribution in [1.29, 1.82) is 0 Å². The zero-order valence-corrected chi connectivity index (χ0v) is 16.8. The van der Waals surface area contributed by atoms with E-state index in [1.165, 1.54) is 24.3 Å². The van der Waals surface area contributed by atoms with Crippen LogP contribution in [0.25, 0.3) is 6.08 Å². The Hall–Kier alpha value is -3.30. The highest BCUT2D eigenvalue weighted by molar-refractivity contribution is 8.26. The van der Waals surface area contributed by atoms with Crippen LogP contribution < -0.4 is 5.43 Å². The van der Waals surface area contributed by atoms with Gasteiger partial charge in [-0.15, -0.1) is 0 Å². The van der Waals surface area contributed by atoms with E-state index in [-0.39, 0.29) is 15.6 Å². The monoisotopic (exact) mass is 425 g/mol. The molecule has 1 heterocycles. The van der Waals surface area contributed by atoms with Gasteiger partial charge in [-0.2, -0.15) is 5.01 Å². The lowest BCUT2D eigenvalue weighted by Crippen LogP contribution is -2.45. The topological polar surface area (TPSA) is 92.6 Å². The van der Waals surface area contributed by atoms with Gasteiger partial charge in [0.1, 0.15) is 5.56 Å². The van der Waals surface area contributed by atoms with E-state index in [0.29, 0.717) is 4.91 Å². The molecule has 7 nitrogen and oxygen atoms in total. The van der Waals surface area contributed by atoms with Gasteiger partial charge in [0.25, 0.3) is 17.5 Å². The number of hydrogen-bond donors (Lipinski definition) is 1. The van der Waals surface area contributed by atoms with Crippen molar-refractivity contribution in [1.82, 2.24) is 10.4 Å². The summed E-state index contributed by atoms with van der Waals surface area (Å²) in [6.07, 6.45) is 3.60. The van der Waals surface area contributed by atoms with E-state index in [1.807, 2.05) is 43.3 Å². The quantitative estimate of drug-likeness (QED) is 0.336. The van der Waals surface area contributed by atoms with Crippen molar-refractivity contribution in [3.63, 3.8) is 0 Å². The fourth-order valence-electron chi connectivity index (χ4n) is 2.61. The first-order valence-corrected chi connectivity index (χ1v) is 9.65. The summed E-state index contributed by atoms with van der Waals surface area (Å²) in [5, 5.41) is 12.0. The van der Waals surface area contributed by atoms with E-state index in [4.69, 9.17) is 12.2 Å². The number of nitro benzene ring substituents is 1. The van der Waals surface area contributed by atoms with Gasteiger partial charge in [0, 0.05) is 6.07 Å². The minimum atomic E-state index is -0.786. The van der Waals surface area contributed by atoms with Crippen LogP contribution in [0.15, 0.2) is 71.2 Å². The number of hydrogen-bond acceptors (Lipinski definition) is 6. The van der Waals surface area contributed by atoms with E-state index < -0.39 is 16.7 Å². The molecule has 1 saturated heterocycles. The molecule has 0 spiro atoms. The number of thiocarbonyl (C=S) groups is 1. The molecule has 9 heteroatoms. The smallest absolute Gasteiger partial charge is 0.267 e. The van der Waals surface area contributed by atoms with Crippen LogP contribution in [-0.4, -0.2) is 26.1 Å². The molecule has 3 rings (SSSR count). The Bertz CT molecular complexity index is 1060. The lowest BCUT2D eigenvalue weighted by molar-refractivity contribution is -0.385. The second-order valence-corrected chi connectivity index (χ2v) is 7.71. The molecule has 0 aromatic heterocycles. The number of nitro groups is 1. The van der Waals surface area contributed by atoms with E-state index in [1.54, 1.807) is 6.08 Å². The minimum Gasteiger partial charge on any atom is -0.267 e. The van der Waals surface area contributed by atoms with Crippen molar-refractivity contribution in [3.05, 3.63) is 92.4 Å². The fraction of sp³-hybridized carbons (Fsp3) is 0.0500. The highest BCUT2D eigenvalue weighted by atomic mass is 32.2. The van der Waals surface area contributed by atoms with Gasteiger partial charge in [-0.25, -0.2) is 0 Å². The molecule has 0 saturated carbocycles. The van der Waals surface area contributed by atoms with Gasteiger partial charge < -0.3 is 0 Å². The van der Waals surface area contributed by atoms with Crippen molar-refractivity contribution in [2.24, 2.45) is 0 Å². The second kappa shape index (κ2) is 8.80. The number of nitrogens with zero attached hydrogens (tertiary/aromatic N) is 2. The van der Waals surface area contributed by atoms with Crippen molar-refractivity contribution < 1.29 is 14.5 Å². The fourth-order valence-corrected chi connectivity index (χ4v) is 3.84. The van der Waals surface area contributed by atoms with Gasteiger partial charge in [0.2, 0.25) is 0 Å². The highest BCUT2D eigenvalue weighted by Crippen LogP contribution is 2.31. The Morgan fingerprint density at radius 2 is 1.83 bits per heavy atom. The molecule has 0 bridgehead atoms. The molecule has 2 aromatic rings. The summed E-state index contributed by atoms with van der Waals surface area (Å²) in [4.78, 5) is 35.9. The maximum Gasteiger partial charge on any atom is 0.285 e. The first-order valence-electron chi connectivity index (χ1n) is 8.42.